The molecular formula is C12H14ClF3N4. The number of fused-ring (bicyclic) bond motifs is 1. The van der Waals surface area contributed by atoms with E-state index in [-0.39, 0.29) is 5.52 Å². The molecule has 0 bridgehead atoms. The van der Waals surface area contributed by atoms with Crippen molar-refractivity contribution in [3.63, 3.8) is 0 Å². The molecule has 2 aromatic rings. The Morgan fingerprint density at radius 3 is 2.65 bits per heavy atom. The maximum atomic E-state index is 12.7. The van der Waals surface area contributed by atoms with Gasteiger partial charge in [-0.2, -0.15) is 18.3 Å². The van der Waals surface area contributed by atoms with Gasteiger partial charge in [0.1, 0.15) is 5.52 Å². The fourth-order valence-corrected chi connectivity index (χ4v) is 1.91. The summed E-state index contributed by atoms with van der Waals surface area (Å²) in [5.74, 6) is 0.646. The second-order valence-corrected chi connectivity index (χ2v) is 5.07. The highest BCUT2D eigenvalue weighted by Crippen LogP contribution is 2.31. The van der Waals surface area contributed by atoms with Gasteiger partial charge < -0.3 is 5.32 Å². The minimum Gasteiger partial charge on any atom is -0.362 e. The fourth-order valence-electron chi connectivity index (χ4n) is 1.66. The van der Waals surface area contributed by atoms with Crippen LogP contribution in [0.2, 0.25) is 0 Å². The van der Waals surface area contributed by atoms with Gasteiger partial charge in [0.2, 0.25) is 0 Å². The highest BCUT2D eigenvalue weighted by Gasteiger charge is 2.34. The van der Waals surface area contributed by atoms with Crippen molar-refractivity contribution < 1.29 is 13.2 Å². The summed E-state index contributed by atoms with van der Waals surface area (Å²) in [6, 6.07) is 0.972. The first-order valence-electron chi connectivity index (χ1n) is 6.05. The van der Waals surface area contributed by atoms with Crippen molar-refractivity contribution in [2.24, 2.45) is 0 Å². The lowest BCUT2D eigenvalue weighted by Gasteiger charge is -2.27. The van der Waals surface area contributed by atoms with Gasteiger partial charge in [0.05, 0.1) is 0 Å². The number of halogens is 4. The van der Waals surface area contributed by atoms with Crippen molar-refractivity contribution in [2.75, 3.05) is 11.2 Å². The predicted octanol–water partition coefficient (Wildman–Crippen LogP) is 3.57. The van der Waals surface area contributed by atoms with Gasteiger partial charge in [-0.1, -0.05) is 6.92 Å². The maximum absolute atomic E-state index is 12.7. The number of anilines is 1. The molecule has 0 fully saturated rings. The molecule has 110 valence electrons. The standard InChI is InChI=1S/C12H14ClF3N4/c1-3-11(2,7-13)18-10-8-6-9(12(14,15)16)19-20(8)5-4-17-10/h4-6H,3,7H2,1-2H3,(H,17,18). The monoisotopic (exact) mass is 306 g/mol. The topological polar surface area (TPSA) is 42.2 Å². The van der Waals surface area contributed by atoms with E-state index in [4.69, 9.17) is 11.6 Å². The molecule has 20 heavy (non-hydrogen) atoms. The molecule has 0 amide bonds. The molecule has 4 nitrogen and oxygen atoms in total. The van der Waals surface area contributed by atoms with Crippen LogP contribution in [0.5, 0.6) is 0 Å². The molecule has 2 aromatic heterocycles. The highest BCUT2D eigenvalue weighted by atomic mass is 35.5. The lowest BCUT2D eigenvalue weighted by atomic mass is 10.0. The number of hydrogen-bond donors (Lipinski definition) is 1. The van der Waals surface area contributed by atoms with E-state index in [1.54, 1.807) is 0 Å². The molecule has 1 unspecified atom stereocenters. The van der Waals surface area contributed by atoms with Gasteiger partial charge in [-0.25, -0.2) is 9.50 Å². The minimum absolute atomic E-state index is 0.268. The van der Waals surface area contributed by atoms with Gasteiger partial charge in [0.15, 0.2) is 11.5 Å². The van der Waals surface area contributed by atoms with Crippen LogP contribution in [0.25, 0.3) is 5.52 Å². The first-order chi connectivity index (χ1) is 9.29. The van der Waals surface area contributed by atoms with Crippen molar-refractivity contribution in [3.8, 4) is 0 Å². The highest BCUT2D eigenvalue weighted by molar-refractivity contribution is 6.18. The number of rotatable bonds is 4. The number of alkyl halides is 4. The van der Waals surface area contributed by atoms with Crippen LogP contribution in [0, 0.1) is 0 Å². The van der Waals surface area contributed by atoms with Crippen LogP contribution < -0.4 is 5.32 Å². The molecule has 0 saturated carbocycles. The second kappa shape index (κ2) is 5.12. The van der Waals surface area contributed by atoms with E-state index in [1.165, 1.54) is 12.4 Å². The Kier molecular flexibility index (Phi) is 3.82. The first-order valence-corrected chi connectivity index (χ1v) is 6.58. The molecule has 0 aliphatic heterocycles. The third-order valence-electron chi connectivity index (χ3n) is 3.18. The fraction of sp³-hybridized carbons (Fsp3) is 0.500. The molecule has 0 radical (unpaired) electrons. The summed E-state index contributed by atoms with van der Waals surface area (Å²) < 4.78 is 39.2. The zero-order chi connectivity index (χ0) is 15.0. The van der Waals surface area contributed by atoms with E-state index < -0.39 is 17.4 Å². The van der Waals surface area contributed by atoms with Crippen molar-refractivity contribution >= 4 is 22.9 Å². The average molecular weight is 307 g/mol. The average Bonchev–Trinajstić information content (AvgIpc) is 2.83. The van der Waals surface area contributed by atoms with Gasteiger partial charge in [-0.3, -0.25) is 0 Å². The van der Waals surface area contributed by atoms with Crippen molar-refractivity contribution in [2.45, 2.75) is 32.0 Å². The van der Waals surface area contributed by atoms with E-state index in [0.717, 1.165) is 10.6 Å². The van der Waals surface area contributed by atoms with Crippen LogP contribution in [0.4, 0.5) is 19.0 Å². The van der Waals surface area contributed by atoms with Gasteiger partial charge in [-0.05, 0) is 13.3 Å². The molecule has 0 aliphatic carbocycles. The van der Waals surface area contributed by atoms with E-state index in [2.05, 4.69) is 15.4 Å². The number of hydrogen-bond acceptors (Lipinski definition) is 3. The van der Waals surface area contributed by atoms with Crippen molar-refractivity contribution in [1.29, 1.82) is 0 Å². The number of nitrogens with one attached hydrogen (secondary N) is 1. The van der Waals surface area contributed by atoms with Crippen LogP contribution in [0.15, 0.2) is 18.5 Å². The van der Waals surface area contributed by atoms with E-state index in [1.807, 2.05) is 13.8 Å². The largest absolute Gasteiger partial charge is 0.435 e. The van der Waals surface area contributed by atoms with Crippen LogP contribution in [-0.2, 0) is 6.18 Å². The van der Waals surface area contributed by atoms with Gasteiger partial charge >= 0.3 is 6.18 Å². The smallest absolute Gasteiger partial charge is 0.362 e. The van der Waals surface area contributed by atoms with E-state index in [9.17, 15) is 13.2 Å². The summed E-state index contributed by atoms with van der Waals surface area (Å²) in [5.41, 5.74) is -1.12. The quantitative estimate of drug-likeness (QED) is 0.878. The van der Waals surface area contributed by atoms with Crippen molar-refractivity contribution in [3.05, 3.63) is 24.2 Å². The molecule has 0 spiro atoms. The molecular weight excluding hydrogens is 293 g/mol. The molecule has 2 rings (SSSR count). The van der Waals surface area contributed by atoms with Crippen LogP contribution in [-0.4, -0.2) is 26.0 Å². The summed E-state index contributed by atoms with van der Waals surface area (Å²) in [5, 5.41) is 6.60. The summed E-state index contributed by atoms with van der Waals surface area (Å²) in [6.45, 7) is 3.82. The van der Waals surface area contributed by atoms with E-state index in [0.29, 0.717) is 18.1 Å². The number of nitrogens with zero attached hydrogens (tertiary/aromatic N) is 3. The Morgan fingerprint density at radius 2 is 2.10 bits per heavy atom. The summed E-state index contributed by atoms with van der Waals surface area (Å²) >= 11 is 5.90. The first kappa shape index (κ1) is 14.9. The summed E-state index contributed by atoms with van der Waals surface area (Å²) in [6.07, 6.45) is -1.00. The Labute approximate surface area is 118 Å². The zero-order valence-electron chi connectivity index (χ0n) is 11.0. The van der Waals surface area contributed by atoms with Gasteiger partial charge in [-0.15, -0.1) is 11.6 Å². The zero-order valence-corrected chi connectivity index (χ0v) is 11.8. The lowest BCUT2D eigenvalue weighted by molar-refractivity contribution is -0.141. The third kappa shape index (κ3) is 2.82. The molecule has 0 aliphatic rings. The van der Waals surface area contributed by atoms with Gasteiger partial charge in [0, 0.05) is 29.9 Å². The Bertz CT molecular complexity index is 604. The molecule has 8 heteroatoms. The summed E-state index contributed by atoms with van der Waals surface area (Å²) in [7, 11) is 0. The van der Waals surface area contributed by atoms with Crippen LogP contribution in [0.3, 0.4) is 0 Å². The third-order valence-corrected chi connectivity index (χ3v) is 3.77. The molecule has 1 N–H and O–H groups in total. The van der Waals surface area contributed by atoms with Gasteiger partial charge in [0.25, 0.3) is 0 Å². The predicted molar refractivity (Wildman–Crippen MR) is 71.0 cm³/mol. The molecule has 0 saturated heterocycles. The minimum atomic E-state index is -4.48. The normalized spacial score (nSPS) is 15.3. The van der Waals surface area contributed by atoms with Crippen LogP contribution in [0.1, 0.15) is 26.0 Å². The van der Waals surface area contributed by atoms with Crippen molar-refractivity contribution in [1.82, 2.24) is 14.6 Å². The van der Waals surface area contributed by atoms with E-state index >= 15 is 0 Å². The summed E-state index contributed by atoms with van der Waals surface area (Å²) in [4.78, 5) is 4.09. The lowest BCUT2D eigenvalue weighted by Crippen LogP contribution is -2.36. The Balaban J connectivity index is 2.47. The molecule has 2 heterocycles. The molecule has 0 aromatic carbocycles. The Morgan fingerprint density at radius 1 is 1.40 bits per heavy atom. The SMILES string of the molecule is CCC(C)(CCl)Nc1nccn2nc(C(F)(F)F)cc12. The number of aromatic nitrogens is 3. The molecule has 1 atom stereocenters. The van der Waals surface area contributed by atoms with Crippen LogP contribution >= 0.6 is 11.6 Å². The maximum Gasteiger partial charge on any atom is 0.435 e. The second-order valence-electron chi connectivity index (χ2n) is 4.81. The Hall–Kier alpha value is -1.50.